The van der Waals surface area contributed by atoms with Gasteiger partial charge in [0.1, 0.15) is 18.1 Å². The van der Waals surface area contributed by atoms with E-state index in [1.807, 2.05) is 18.2 Å². The second-order valence-corrected chi connectivity index (χ2v) is 12.7. The number of aliphatic hydroxyl groups is 2. The Hall–Kier alpha value is -2.93. The lowest BCUT2D eigenvalue weighted by molar-refractivity contribution is -0.818. The van der Waals surface area contributed by atoms with Crippen molar-refractivity contribution in [1.29, 1.82) is 0 Å². The molecule has 0 saturated carbocycles. The fourth-order valence-electron chi connectivity index (χ4n) is 4.70. The summed E-state index contributed by atoms with van der Waals surface area (Å²) < 4.78 is 20.0. The number of aromatic nitrogens is 1. The quantitative estimate of drug-likeness (QED) is 0.167. The second kappa shape index (κ2) is 13.2. The third-order valence-electron chi connectivity index (χ3n) is 7.26. The zero-order valence-corrected chi connectivity index (χ0v) is 24.9. The van der Waals surface area contributed by atoms with Crippen LogP contribution in [0.5, 0.6) is 17.2 Å². The SMILES string of the molecule is CCc1ccc(COc2ccc(C3CN(C(=O)c4cc(OC[I+]N5C[C@@H](O)[C@@H](O)C5)ccn4)C3)cc2OC)cc1. The third-order valence-corrected chi connectivity index (χ3v) is 9.60. The highest BCUT2D eigenvalue weighted by atomic mass is 127. The van der Waals surface area contributed by atoms with Gasteiger partial charge in [0.2, 0.25) is 0 Å². The summed E-state index contributed by atoms with van der Waals surface area (Å²) >= 11 is -0.489. The number of aliphatic hydroxyl groups excluding tert-OH is 2. The average Bonchev–Trinajstić information content (AvgIpc) is 3.28. The van der Waals surface area contributed by atoms with Gasteiger partial charge in [-0.1, -0.05) is 40.4 Å². The number of benzene rings is 2. The van der Waals surface area contributed by atoms with E-state index in [-0.39, 0.29) is 11.8 Å². The van der Waals surface area contributed by atoms with Crippen molar-refractivity contribution in [2.24, 2.45) is 0 Å². The lowest BCUT2D eigenvalue weighted by Gasteiger charge is -2.39. The summed E-state index contributed by atoms with van der Waals surface area (Å²) in [5, 5.41) is 19.4. The lowest BCUT2D eigenvalue weighted by Crippen LogP contribution is -3.68. The Labute approximate surface area is 245 Å². The molecule has 0 bridgehead atoms. The number of likely N-dealkylation sites (tertiary alicyclic amines) is 1. The summed E-state index contributed by atoms with van der Waals surface area (Å²) in [7, 11) is 1.64. The Morgan fingerprint density at radius 3 is 2.38 bits per heavy atom. The highest BCUT2D eigenvalue weighted by Gasteiger charge is 2.38. The van der Waals surface area contributed by atoms with E-state index in [4.69, 9.17) is 14.2 Å². The molecule has 40 heavy (non-hydrogen) atoms. The van der Waals surface area contributed by atoms with Crippen LogP contribution in [-0.2, 0) is 13.0 Å². The molecule has 212 valence electrons. The van der Waals surface area contributed by atoms with Gasteiger partial charge in [-0.05, 0) is 41.3 Å². The Morgan fingerprint density at radius 1 is 0.950 bits per heavy atom. The number of amides is 1. The Bertz CT molecular complexity index is 1290. The number of hydrogen-bond donors (Lipinski definition) is 2. The number of alkyl halides is 1. The molecule has 2 aliphatic heterocycles. The Morgan fingerprint density at radius 2 is 1.68 bits per heavy atom. The van der Waals surface area contributed by atoms with Gasteiger partial charge in [0.15, 0.2) is 11.5 Å². The molecule has 2 N–H and O–H groups in total. The molecular weight excluding hydrogens is 625 g/mol. The van der Waals surface area contributed by atoms with E-state index < -0.39 is 33.7 Å². The first-order valence-corrected chi connectivity index (χ1v) is 15.9. The van der Waals surface area contributed by atoms with Crippen LogP contribution in [0.1, 0.15) is 40.0 Å². The van der Waals surface area contributed by atoms with Crippen LogP contribution in [0.25, 0.3) is 0 Å². The molecule has 2 aromatic carbocycles. The van der Waals surface area contributed by atoms with Gasteiger partial charge in [0.25, 0.3) is 5.91 Å². The molecule has 5 rings (SSSR count). The number of aryl methyl sites for hydroxylation is 1. The number of ether oxygens (including phenoxy) is 3. The summed E-state index contributed by atoms with van der Waals surface area (Å²) in [6.45, 7) is 4.76. The number of halogens is 1. The van der Waals surface area contributed by atoms with Crippen LogP contribution in [-0.4, -0.2) is 79.2 Å². The molecule has 2 aliphatic rings. The number of pyridine rings is 1. The van der Waals surface area contributed by atoms with Crippen LogP contribution in [0.15, 0.2) is 60.8 Å². The molecule has 1 amide bonds. The Balaban J connectivity index is 1.12. The fraction of sp³-hybridized carbons (Fsp3) is 0.400. The van der Waals surface area contributed by atoms with Gasteiger partial charge in [-0.2, -0.15) is 0 Å². The zero-order valence-electron chi connectivity index (χ0n) is 22.7. The number of carbonyl (C=O) groups excluding carboxylic acids is 1. The van der Waals surface area contributed by atoms with Gasteiger partial charge >= 0.3 is 26.1 Å². The van der Waals surface area contributed by atoms with Crippen molar-refractivity contribution in [3.8, 4) is 17.2 Å². The molecule has 0 radical (unpaired) electrons. The van der Waals surface area contributed by atoms with Crippen molar-refractivity contribution < 1.29 is 50.7 Å². The average molecular weight is 661 g/mol. The van der Waals surface area contributed by atoms with E-state index in [1.54, 1.807) is 30.3 Å². The number of rotatable bonds is 11. The first-order chi connectivity index (χ1) is 19.4. The van der Waals surface area contributed by atoms with Crippen LogP contribution in [0.2, 0.25) is 0 Å². The topological polar surface area (TPSA) is 105 Å². The van der Waals surface area contributed by atoms with Crippen LogP contribution in [0, 0.1) is 0 Å². The standard InChI is InChI=1S/C30H35IN3O6/c1-3-20-4-6-21(7-5-20)18-39-28-9-8-22(12-29(28)38-2)23-14-33(15-23)30(37)25-13-24(10-11-32-25)40-19-31-34-16-26(35)27(36)17-34/h4-13,23,26-27,35-36H,3,14-19H2,1-2H3/q+1/t26-,27+. The van der Waals surface area contributed by atoms with E-state index in [1.165, 1.54) is 5.56 Å². The number of methoxy groups -OCH3 is 1. The number of nitrogens with zero attached hydrogens (tertiary/aromatic N) is 3. The molecular formula is C30H35IN3O6+. The van der Waals surface area contributed by atoms with Crippen molar-refractivity contribution in [3.63, 3.8) is 0 Å². The molecule has 2 fully saturated rings. The maximum absolute atomic E-state index is 13.1. The molecule has 3 heterocycles. The molecule has 0 unspecified atom stereocenters. The molecule has 0 aliphatic carbocycles. The fourth-order valence-corrected chi connectivity index (χ4v) is 6.96. The minimum absolute atomic E-state index is 0.122. The van der Waals surface area contributed by atoms with E-state index in [0.717, 1.165) is 17.5 Å². The van der Waals surface area contributed by atoms with Crippen LogP contribution >= 0.6 is 0 Å². The van der Waals surface area contributed by atoms with Crippen LogP contribution in [0.3, 0.4) is 0 Å². The van der Waals surface area contributed by atoms with E-state index in [9.17, 15) is 15.0 Å². The van der Waals surface area contributed by atoms with Gasteiger partial charge in [-0.25, -0.2) is 0 Å². The van der Waals surface area contributed by atoms with Crippen LogP contribution < -0.4 is 35.7 Å². The highest BCUT2D eigenvalue weighted by Crippen LogP contribution is 2.35. The molecule has 0 spiro atoms. The van der Waals surface area contributed by atoms with Crippen molar-refractivity contribution in [1.82, 2.24) is 13.0 Å². The predicted octanol–water partition coefficient (Wildman–Crippen LogP) is -0.151. The highest BCUT2D eigenvalue weighted by molar-refractivity contribution is 5.93. The first-order valence-electron chi connectivity index (χ1n) is 13.4. The van der Waals surface area contributed by atoms with Crippen LogP contribution in [0.4, 0.5) is 0 Å². The van der Waals surface area contributed by atoms with E-state index in [2.05, 4.69) is 39.3 Å². The van der Waals surface area contributed by atoms with E-state index in [0.29, 0.717) is 60.3 Å². The summed E-state index contributed by atoms with van der Waals surface area (Å²) in [6.07, 6.45) is 1.22. The molecule has 2 atom stereocenters. The maximum atomic E-state index is 13.1. The van der Waals surface area contributed by atoms with Gasteiger partial charge in [-0.3, -0.25) is 9.78 Å². The van der Waals surface area contributed by atoms with Gasteiger partial charge in [-0.15, -0.1) is 0 Å². The number of β-amino-alcohol motifs (C(OH)–C–C–N with tert-alkyl or cyclic N) is 2. The largest absolute Gasteiger partial charge is 0.493 e. The van der Waals surface area contributed by atoms with Crippen molar-refractivity contribution in [2.75, 3.05) is 37.9 Å². The molecule has 1 aromatic heterocycles. The number of carbonyl (C=O) groups is 1. The van der Waals surface area contributed by atoms with Gasteiger partial charge in [0.05, 0.1) is 32.4 Å². The predicted molar refractivity (Wildman–Crippen MR) is 145 cm³/mol. The third kappa shape index (κ3) is 6.85. The zero-order chi connectivity index (χ0) is 28.1. The Kier molecular flexibility index (Phi) is 9.40. The monoisotopic (exact) mass is 660 g/mol. The normalized spacial score (nSPS) is 19.4. The maximum Gasteiger partial charge on any atom is 0.433 e. The second-order valence-electron chi connectivity index (χ2n) is 9.99. The minimum atomic E-state index is -0.689. The lowest BCUT2D eigenvalue weighted by atomic mass is 9.91. The van der Waals surface area contributed by atoms with Gasteiger partial charge < -0.3 is 29.3 Å². The summed E-state index contributed by atoms with van der Waals surface area (Å²) in [5.41, 5.74) is 3.86. The van der Waals surface area contributed by atoms with Crippen molar-refractivity contribution in [2.45, 2.75) is 38.1 Å². The minimum Gasteiger partial charge on any atom is -0.493 e. The molecule has 2 saturated heterocycles. The summed E-state index contributed by atoms with van der Waals surface area (Å²) in [4.78, 5) is 19.1. The van der Waals surface area contributed by atoms with Crippen molar-refractivity contribution in [3.05, 3.63) is 83.2 Å². The molecule has 3 aromatic rings. The number of hydrogen-bond acceptors (Lipinski definition) is 8. The summed E-state index contributed by atoms with van der Waals surface area (Å²) in [6, 6.07) is 17.8. The summed E-state index contributed by atoms with van der Waals surface area (Å²) in [5.74, 6) is 2.06. The first kappa shape index (κ1) is 28.6. The van der Waals surface area contributed by atoms with Gasteiger partial charge in [0, 0.05) is 31.3 Å². The van der Waals surface area contributed by atoms with E-state index >= 15 is 0 Å². The van der Waals surface area contributed by atoms with Crippen molar-refractivity contribution >= 4 is 5.91 Å². The molecule has 9 nitrogen and oxygen atoms in total. The molecule has 10 heteroatoms. The smallest absolute Gasteiger partial charge is 0.433 e.